The monoisotopic (exact) mass is 149 g/mol. The van der Waals surface area contributed by atoms with Gasteiger partial charge < -0.3 is 0 Å². The van der Waals surface area contributed by atoms with Gasteiger partial charge in [0.2, 0.25) is 5.78 Å². The van der Waals surface area contributed by atoms with Crippen LogP contribution in [0, 0.1) is 5.41 Å². The lowest BCUT2D eigenvalue weighted by Crippen LogP contribution is -2.19. The molecule has 3 heteroatoms. The zero-order valence-electron chi connectivity index (χ0n) is 6.05. The van der Waals surface area contributed by atoms with Gasteiger partial charge in [-0.05, 0) is 19.1 Å². The molecular weight excluding hydrogens is 142 g/mol. The molecule has 0 aromatic heterocycles. The van der Waals surface area contributed by atoms with Gasteiger partial charge in [-0.3, -0.25) is 15.0 Å². The molecule has 0 saturated carbocycles. The first kappa shape index (κ1) is 7.60. The molecule has 1 aliphatic carbocycles. The summed E-state index contributed by atoms with van der Waals surface area (Å²) in [7, 11) is 0. The number of hydrogen-bond acceptors (Lipinski definition) is 3. The van der Waals surface area contributed by atoms with E-state index in [1.807, 2.05) is 0 Å². The maximum Gasteiger partial charge on any atom is 0.214 e. The fourth-order valence-electron chi connectivity index (χ4n) is 0.814. The molecule has 0 radical (unpaired) electrons. The van der Waals surface area contributed by atoms with Crippen LogP contribution in [0.5, 0.6) is 0 Å². The number of carbonyl (C=O) groups is 2. The van der Waals surface area contributed by atoms with Crippen molar-refractivity contribution >= 4 is 17.3 Å². The van der Waals surface area contributed by atoms with Gasteiger partial charge in [0.05, 0.1) is 5.57 Å². The van der Waals surface area contributed by atoms with E-state index >= 15 is 0 Å². The highest BCUT2D eigenvalue weighted by atomic mass is 16.1. The number of Topliss-reactive ketones (excluding diaryl/α,β-unsaturated/α-hetero) is 2. The van der Waals surface area contributed by atoms with Gasteiger partial charge in [0.25, 0.3) is 0 Å². The van der Waals surface area contributed by atoms with Gasteiger partial charge in [0.15, 0.2) is 5.78 Å². The summed E-state index contributed by atoms with van der Waals surface area (Å²) < 4.78 is 0. The van der Waals surface area contributed by atoms with Gasteiger partial charge in [-0.15, -0.1) is 0 Å². The maximum atomic E-state index is 11.0. The molecule has 0 bridgehead atoms. The Morgan fingerprint density at radius 2 is 2.18 bits per heavy atom. The summed E-state index contributed by atoms with van der Waals surface area (Å²) in [5.41, 5.74) is -0.0322. The minimum absolute atomic E-state index is 0.0949. The molecule has 11 heavy (non-hydrogen) atoms. The third-order valence-electron chi connectivity index (χ3n) is 1.39. The molecule has 0 heterocycles. The van der Waals surface area contributed by atoms with Crippen molar-refractivity contribution in [3.63, 3.8) is 0 Å². The van der Waals surface area contributed by atoms with Crippen molar-refractivity contribution in [2.45, 2.75) is 6.92 Å². The van der Waals surface area contributed by atoms with Crippen LogP contribution in [0.2, 0.25) is 0 Å². The van der Waals surface area contributed by atoms with Crippen LogP contribution in [0.4, 0.5) is 0 Å². The van der Waals surface area contributed by atoms with Crippen molar-refractivity contribution in [3.05, 3.63) is 23.8 Å². The zero-order chi connectivity index (χ0) is 8.43. The third kappa shape index (κ3) is 1.32. The standard InChI is InChI=1S/C8H7NO2/c1-5(10)6-3-2-4-7(9)8(6)11/h2-4,9H,1H3. The number of ketones is 2. The van der Waals surface area contributed by atoms with Crippen molar-refractivity contribution in [1.82, 2.24) is 0 Å². The number of nitrogens with one attached hydrogen (secondary N) is 1. The van der Waals surface area contributed by atoms with Crippen molar-refractivity contribution in [3.8, 4) is 0 Å². The van der Waals surface area contributed by atoms with Gasteiger partial charge in [0.1, 0.15) is 5.71 Å². The minimum Gasteiger partial charge on any atom is -0.297 e. The lowest BCUT2D eigenvalue weighted by molar-refractivity contribution is -0.117. The lowest BCUT2D eigenvalue weighted by Gasteiger charge is -2.03. The van der Waals surface area contributed by atoms with Gasteiger partial charge in [-0.2, -0.15) is 0 Å². The smallest absolute Gasteiger partial charge is 0.214 e. The summed E-state index contributed by atoms with van der Waals surface area (Å²) >= 11 is 0. The Hall–Kier alpha value is -1.51. The summed E-state index contributed by atoms with van der Waals surface area (Å²) in [5, 5.41) is 7.09. The third-order valence-corrected chi connectivity index (χ3v) is 1.39. The number of carbonyl (C=O) groups excluding carboxylic acids is 2. The van der Waals surface area contributed by atoms with Crippen LogP contribution in [-0.2, 0) is 9.59 Å². The fraction of sp³-hybridized carbons (Fsp3) is 0.125. The predicted molar refractivity (Wildman–Crippen MR) is 40.6 cm³/mol. The van der Waals surface area contributed by atoms with E-state index in [0.29, 0.717) is 0 Å². The Balaban J connectivity index is 3.06. The lowest BCUT2D eigenvalue weighted by atomic mass is 9.99. The molecule has 1 rings (SSSR count). The van der Waals surface area contributed by atoms with Crippen LogP contribution < -0.4 is 0 Å². The summed E-state index contributed by atoms with van der Waals surface area (Å²) in [6.07, 6.45) is 4.33. The highest BCUT2D eigenvalue weighted by Crippen LogP contribution is 2.05. The number of rotatable bonds is 1. The van der Waals surface area contributed by atoms with Gasteiger partial charge in [0, 0.05) is 0 Å². The van der Waals surface area contributed by atoms with Crippen LogP contribution in [0.25, 0.3) is 0 Å². The highest BCUT2D eigenvalue weighted by molar-refractivity contribution is 6.54. The molecule has 3 nitrogen and oxygen atoms in total. The molecule has 1 N–H and O–H groups in total. The molecule has 0 aliphatic heterocycles. The van der Waals surface area contributed by atoms with Crippen LogP contribution in [0.15, 0.2) is 23.8 Å². The Morgan fingerprint density at radius 3 is 2.64 bits per heavy atom. The number of hydrogen-bond donors (Lipinski definition) is 1. The Morgan fingerprint density at radius 1 is 1.55 bits per heavy atom. The largest absolute Gasteiger partial charge is 0.297 e. The fourth-order valence-corrected chi connectivity index (χ4v) is 0.814. The Labute approximate surface area is 63.9 Å². The maximum absolute atomic E-state index is 11.0. The molecule has 0 aromatic rings. The average Bonchev–Trinajstić information content (AvgIpc) is 1.94. The van der Waals surface area contributed by atoms with Crippen molar-refractivity contribution in [2.75, 3.05) is 0 Å². The number of allylic oxidation sites excluding steroid dienone is 4. The van der Waals surface area contributed by atoms with Gasteiger partial charge in [-0.1, -0.05) is 6.08 Å². The molecule has 56 valence electrons. The first-order chi connectivity index (χ1) is 5.13. The molecular formula is C8H7NO2. The van der Waals surface area contributed by atoms with Crippen molar-refractivity contribution in [1.29, 1.82) is 5.41 Å². The topological polar surface area (TPSA) is 58.0 Å². The molecule has 0 fully saturated rings. The first-order valence-electron chi connectivity index (χ1n) is 3.15. The molecule has 0 aromatic carbocycles. The predicted octanol–water partition coefficient (Wildman–Crippen LogP) is 0.660. The SMILES string of the molecule is CC(=O)C1=CC=CC(=N)C1=O. The van der Waals surface area contributed by atoms with Crippen molar-refractivity contribution in [2.24, 2.45) is 0 Å². The van der Waals surface area contributed by atoms with Crippen LogP contribution in [0.3, 0.4) is 0 Å². The van der Waals surface area contributed by atoms with E-state index in [1.165, 1.54) is 25.2 Å². The van der Waals surface area contributed by atoms with E-state index in [9.17, 15) is 9.59 Å². The van der Waals surface area contributed by atoms with Gasteiger partial charge >= 0.3 is 0 Å². The minimum atomic E-state index is -0.486. The molecule has 0 spiro atoms. The molecule has 0 saturated heterocycles. The summed E-state index contributed by atoms with van der Waals surface area (Å²) in [6.45, 7) is 1.32. The van der Waals surface area contributed by atoms with Crippen LogP contribution in [0.1, 0.15) is 6.92 Å². The van der Waals surface area contributed by atoms with E-state index in [-0.39, 0.29) is 17.1 Å². The summed E-state index contributed by atoms with van der Waals surface area (Å²) in [5.74, 6) is -0.774. The molecule has 1 aliphatic rings. The van der Waals surface area contributed by atoms with Gasteiger partial charge in [-0.25, -0.2) is 0 Å². The van der Waals surface area contributed by atoms with Crippen LogP contribution >= 0.6 is 0 Å². The molecule has 0 unspecified atom stereocenters. The second kappa shape index (κ2) is 2.62. The summed E-state index contributed by atoms with van der Waals surface area (Å²) in [4.78, 5) is 21.7. The Kier molecular flexibility index (Phi) is 1.81. The first-order valence-corrected chi connectivity index (χ1v) is 3.15. The quantitative estimate of drug-likeness (QED) is 0.439. The second-order valence-corrected chi connectivity index (χ2v) is 2.24. The van der Waals surface area contributed by atoms with E-state index in [2.05, 4.69) is 0 Å². The summed E-state index contributed by atoms with van der Waals surface area (Å²) in [6, 6.07) is 0. The molecule has 0 atom stereocenters. The average molecular weight is 149 g/mol. The van der Waals surface area contributed by atoms with E-state index in [0.717, 1.165) is 0 Å². The van der Waals surface area contributed by atoms with Crippen molar-refractivity contribution < 1.29 is 9.59 Å². The second-order valence-electron chi connectivity index (χ2n) is 2.24. The van der Waals surface area contributed by atoms with E-state index in [1.54, 1.807) is 0 Å². The van der Waals surface area contributed by atoms with E-state index in [4.69, 9.17) is 5.41 Å². The normalized spacial score (nSPS) is 16.6. The zero-order valence-corrected chi connectivity index (χ0v) is 6.05. The van der Waals surface area contributed by atoms with E-state index < -0.39 is 5.78 Å². The Bertz CT molecular complexity index is 297. The highest BCUT2D eigenvalue weighted by Gasteiger charge is 2.18. The molecule has 0 amide bonds. The van der Waals surface area contributed by atoms with Crippen LogP contribution in [-0.4, -0.2) is 17.3 Å².